The van der Waals surface area contributed by atoms with Crippen molar-refractivity contribution in [3.8, 4) is 5.75 Å². The molecule has 6 heteroatoms. The van der Waals surface area contributed by atoms with Crippen molar-refractivity contribution < 1.29 is 19.1 Å². The summed E-state index contributed by atoms with van der Waals surface area (Å²) in [6, 6.07) is 13.9. The zero-order valence-electron chi connectivity index (χ0n) is 17.7. The molecule has 2 aromatic rings. The van der Waals surface area contributed by atoms with E-state index in [0.717, 1.165) is 12.2 Å². The van der Waals surface area contributed by atoms with Crippen molar-refractivity contribution in [1.29, 1.82) is 0 Å². The Bertz CT molecular complexity index is 1120. The molecule has 0 spiro atoms. The van der Waals surface area contributed by atoms with Gasteiger partial charge in [0.15, 0.2) is 0 Å². The van der Waals surface area contributed by atoms with E-state index in [1.165, 1.54) is 4.90 Å². The third-order valence-corrected chi connectivity index (χ3v) is 7.45. The van der Waals surface area contributed by atoms with E-state index in [4.69, 9.17) is 4.74 Å². The van der Waals surface area contributed by atoms with Crippen molar-refractivity contribution in [2.45, 2.75) is 13.3 Å². The van der Waals surface area contributed by atoms with Gasteiger partial charge in [0.2, 0.25) is 11.8 Å². The molecule has 1 N–H and O–H groups in total. The minimum absolute atomic E-state index is 0.117. The predicted molar refractivity (Wildman–Crippen MR) is 119 cm³/mol. The normalized spacial score (nSPS) is 31.3. The number of ether oxygens (including phenoxy) is 1. The molecular weight excluding hydrogens is 404 g/mol. The summed E-state index contributed by atoms with van der Waals surface area (Å²) >= 11 is 0. The topological polar surface area (TPSA) is 75.7 Å². The number of allylic oxidation sites excluding steroid dienone is 2. The van der Waals surface area contributed by atoms with Crippen LogP contribution in [0, 0.1) is 35.5 Å². The van der Waals surface area contributed by atoms with Gasteiger partial charge in [-0.05, 0) is 79.5 Å². The van der Waals surface area contributed by atoms with E-state index in [1.807, 2.05) is 6.92 Å². The summed E-state index contributed by atoms with van der Waals surface area (Å²) < 4.78 is 5.43. The maximum atomic E-state index is 13.3. The Kier molecular flexibility index (Phi) is 4.25. The number of imide groups is 1. The van der Waals surface area contributed by atoms with Crippen LogP contribution < -0.4 is 15.0 Å². The lowest BCUT2D eigenvalue weighted by Crippen LogP contribution is -2.40. The zero-order chi connectivity index (χ0) is 22.0. The Morgan fingerprint density at radius 1 is 1.00 bits per heavy atom. The molecular formula is C26H24N2O4. The first-order chi connectivity index (χ1) is 15.6. The lowest BCUT2D eigenvalue weighted by atomic mass is 9.63. The summed E-state index contributed by atoms with van der Waals surface area (Å²) in [5, 5.41) is 2.86. The highest BCUT2D eigenvalue weighted by atomic mass is 16.5. The van der Waals surface area contributed by atoms with E-state index >= 15 is 0 Å². The fourth-order valence-electron chi connectivity index (χ4n) is 6.00. The molecule has 2 bridgehead atoms. The summed E-state index contributed by atoms with van der Waals surface area (Å²) in [6.45, 7) is 2.49. The number of hydrogen-bond donors (Lipinski definition) is 1. The fraction of sp³-hybridized carbons (Fsp3) is 0.346. The predicted octanol–water partition coefficient (Wildman–Crippen LogP) is 3.90. The second-order valence-corrected chi connectivity index (χ2v) is 9.13. The largest absolute Gasteiger partial charge is 0.494 e. The maximum absolute atomic E-state index is 13.3. The molecule has 1 saturated heterocycles. The van der Waals surface area contributed by atoms with Crippen molar-refractivity contribution in [3.63, 3.8) is 0 Å². The van der Waals surface area contributed by atoms with Gasteiger partial charge >= 0.3 is 0 Å². The number of anilines is 2. The van der Waals surface area contributed by atoms with Gasteiger partial charge in [-0.2, -0.15) is 0 Å². The third-order valence-electron chi connectivity index (χ3n) is 7.45. The molecule has 0 radical (unpaired) electrons. The molecule has 6 atom stereocenters. The first-order valence-electron chi connectivity index (χ1n) is 11.3. The van der Waals surface area contributed by atoms with Crippen LogP contribution in [0.5, 0.6) is 5.75 Å². The maximum Gasteiger partial charge on any atom is 0.255 e. The molecule has 0 aromatic heterocycles. The first kappa shape index (κ1) is 19.3. The van der Waals surface area contributed by atoms with E-state index in [-0.39, 0.29) is 41.4 Å². The highest BCUT2D eigenvalue weighted by Gasteiger charge is 2.67. The molecule has 2 aromatic carbocycles. The average molecular weight is 428 g/mol. The van der Waals surface area contributed by atoms with Crippen molar-refractivity contribution >= 4 is 29.1 Å². The SMILES string of the molecule is CCOc1ccc(NC(=O)c2cccc(N3C(=O)[C@@H]4[C@H]5C=C[C@@H]([C@@H]6C[C@@H]56)[C@H]4C3=O)c2)cc1. The highest BCUT2D eigenvalue weighted by Crippen LogP contribution is 2.65. The van der Waals surface area contributed by atoms with Gasteiger partial charge in [0.25, 0.3) is 5.91 Å². The van der Waals surface area contributed by atoms with Gasteiger partial charge in [-0.15, -0.1) is 0 Å². The summed E-state index contributed by atoms with van der Waals surface area (Å²) in [5.74, 6) is 1.21. The van der Waals surface area contributed by atoms with Crippen LogP contribution in [0.4, 0.5) is 11.4 Å². The van der Waals surface area contributed by atoms with Crippen molar-refractivity contribution in [3.05, 3.63) is 66.2 Å². The summed E-state index contributed by atoms with van der Waals surface area (Å²) in [5.41, 5.74) is 1.52. The fourth-order valence-corrected chi connectivity index (χ4v) is 6.00. The molecule has 4 aliphatic carbocycles. The minimum atomic E-state index is -0.296. The number of rotatable bonds is 5. The number of nitrogens with one attached hydrogen (secondary N) is 1. The lowest BCUT2D eigenvalue weighted by molar-refractivity contribution is -0.124. The van der Waals surface area contributed by atoms with Gasteiger partial charge in [0, 0.05) is 11.3 Å². The van der Waals surface area contributed by atoms with Crippen molar-refractivity contribution in [1.82, 2.24) is 0 Å². The highest BCUT2D eigenvalue weighted by molar-refractivity contribution is 6.23. The van der Waals surface area contributed by atoms with Crippen LogP contribution in [0.2, 0.25) is 0 Å². The van der Waals surface area contributed by atoms with Crippen molar-refractivity contribution in [2.24, 2.45) is 35.5 Å². The smallest absolute Gasteiger partial charge is 0.255 e. The Labute approximate surface area is 186 Å². The molecule has 3 fully saturated rings. The number of carbonyl (C=O) groups excluding carboxylic acids is 3. The third kappa shape index (κ3) is 2.82. The van der Waals surface area contributed by atoms with E-state index in [1.54, 1.807) is 48.5 Å². The van der Waals surface area contributed by atoms with Crippen molar-refractivity contribution in [2.75, 3.05) is 16.8 Å². The van der Waals surface area contributed by atoms with Gasteiger partial charge in [-0.3, -0.25) is 14.4 Å². The number of carbonyl (C=O) groups is 3. The molecule has 5 aliphatic rings. The molecule has 2 saturated carbocycles. The number of nitrogens with zero attached hydrogens (tertiary/aromatic N) is 1. The van der Waals surface area contributed by atoms with E-state index < -0.39 is 0 Å². The van der Waals surface area contributed by atoms with Crippen LogP contribution in [0.3, 0.4) is 0 Å². The first-order valence-corrected chi connectivity index (χ1v) is 11.3. The molecule has 3 amide bonds. The lowest BCUT2D eigenvalue weighted by Gasteiger charge is -2.37. The number of amides is 3. The Hall–Kier alpha value is -3.41. The standard InChI is InChI=1S/C26H24N2O4/c1-2-32-17-8-6-15(7-9-17)27-24(29)14-4-3-5-16(12-14)28-25(30)22-18-10-11-19(21-13-20(18)21)23(22)26(28)31/h3-12,18-23H,2,13H2,1H3,(H,27,29)/t18-,19-,20-,21-,22+,23+/m0/s1. The minimum Gasteiger partial charge on any atom is -0.494 e. The molecule has 6 nitrogen and oxygen atoms in total. The zero-order valence-corrected chi connectivity index (χ0v) is 17.7. The summed E-state index contributed by atoms with van der Waals surface area (Å²) in [4.78, 5) is 40.8. The monoisotopic (exact) mass is 428 g/mol. The Morgan fingerprint density at radius 3 is 2.28 bits per heavy atom. The molecule has 32 heavy (non-hydrogen) atoms. The second-order valence-electron chi connectivity index (χ2n) is 9.13. The van der Waals surface area contributed by atoms with Gasteiger partial charge in [0.1, 0.15) is 5.75 Å². The molecule has 1 aliphatic heterocycles. The molecule has 162 valence electrons. The van der Waals surface area contributed by atoms with Crippen LogP contribution in [-0.4, -0.2) is 24.3 Å². The average Bonchev–Trinajstić information content (AvgIpc) is 3.59. The summed E-state index contributed by atoms with van der Waals surface area (Å²) in [6.07, 6.45) is 5.46. The number of hydrogen-bond acceptors (Lipinski definition) is 4. The molecule has 0 unspecified atom stereocenters. The molecule has 7 rings (SSSR count). The van der Waals surface area contributed by atoms with E-state index in [9.17, 15) is 14.4 Å². The van der Waals surface area contributed by atoms with Gasteiger partial charge in [0.05, 0.1) is 24.1 Å². The van der Waals surface area contributed by atoms with Crippen LogP contribution in [0.15, 0.2) is 60.7 Å². The molecule has 1 heterocycles. The summed E-state index contributed by atoms with van der Waals surface area (Å²) in [7, 11) is 0. The van der Waals surface area contributed by atoms with Crippen LogP contribution in [0.1, 0.15) is 23.7 Å². The van der Waals surface area contributed by atoms with Gasteiger partial charge in [-0.25, -0.2) is 4.90 Å². The van der Waals surface area contributed by atoms with Crippen LogP contribution in [-0.2, 0) is 9.59 Å². The second kappa shape index (κ2) is 7.05. The van der Waals surface area contributed by atoms with Crippen LogP contribution >= 0.6 is 0 Å². The van der Waals surface area contributed by atoms with Gasteiger partial charge in [-0.1, -0.05) is 18.2 Å². The Balaban J connectivity index is 1.23. The quantitative estimate of drug-likeness (QED) is 0.579. The van der Waals surface area contributed by atoms with Gasteiger partial charge < -0.3 is 10.1 Å². The Morgan fingerprint density at radius 2 is 1.66 bits per heavy atom. The van der Waals surface area contributed by atoms with E-state index in [0.29, 0.717) is 35.4 Å². The van der Waals surface area contributed by atoms with Crippen LogP contribution in [0.25, 0.3) is 0 Å². The number of benzene rings is 2. The van der Waals surface area contributed by atoms with E-state index in [2.05, 4.69) is 17.5 Å².